The standard InChI is InChI=1S/C9H12F3N3O3/c10-9(11,12)6-17-1-2-18-8(16)5-15-4-7(13)3-14-15/h3-4H,1-2,5-6,13H2. The number of halogens is 3. The molecule has 0 saturated carbocycles. The van der Waals surface area contributed by atoms with E-state index in [-0.39, 0.29) is 19.8 Å². The molecule has 6 nitrogen and oxygen atoms in total. The van der Waals surface area contributed by atoms with Gasteiger partial charge in [-0.25, -0.2) is 0 Å². The van der Waals surface area contributed by atoms with Crippen molar-refractivity contribution in [2.45, 2.75) is 12.7 Å². The Hall–Kier alpha value is -1.77. The van der Waals surface area contributed by atoms with Gasteiger partial charge in [0.2, 0.25) is 0 Å². The molecular formula is C9H12F3N3O3. The minimum Gasteiger partial charge on any atom is -0.462 e. The topological polar surface area (TPSA) is 79.4 Å². The number of anilines is 1. The van der Waals surface area contributed by atoms with Gasteiger partial charge >= 0.3 is 12.1 Å². The molecule has 102 valence electrons. The van der Waals surface area contributed by atoms with Crippen LogP contribution in [0.3, 0.4) is 0 Å². The van der Waals surface area contributed by atoms with Gasteiger partial charge in [0.05, 0.1) is 18.5 Å². The summed E-state index contributed by atoms with van der Waals surface area (Å²) in [5.41, 5.74) is 5.77. The van der Waals surface area contributed by atoms with Gasteiger partial charge in [-0.2, -0.15) is 18.3 Å². The van der Waals surface area contributed by atoms with Crippen LogP contribution in [0, 0.1) is 0 Å². The van der Waals surface area contributed by atoms with E-state index in [9.17, 15) is 18.0 Å². The molecular weight excluding hydrogens is 255 g/mol. The molecule has 1 rings (SSSR count). The highest BCUT2D eigenvalue weighted by atomic mass is 19.4. The van der Waals surface area contributed by atoms with Crippen molar-refractivity contribution in [1.29, 1.82) is 0 Å². The number of aromatic nitrogens is 2. The quantitative estimate of drug-likeness (QED) is 0.602. The molecule has 0 aliphatic heterocycles. The lowest BCUT2D eigenvalue weighted by atomic mass is 10.6. The van der Waals surface area contributed by atoms with E-state index in [1.807, 2.05) is 0 Å². The molecule has 0 fully saturated rings. The van der Waals surface area contributed by atoms with E-state index in [1.165, 1.54) is 17.1 Å². The monoisotopic (exact) mass is 267 g/mol. The third-order valence-corrected chi connectivity index (χ3v) is 1.70. The maximum atomic E-state index is 11.7. The summed E-state index contributed by atoms with van der Waals surface area (Å²) in [6.07, 6.45) is -1.59. The molecule has 0 aliphatic carbocycles. The predicted octanol–water partition coefficient (Wildman–Crippen LogP) is 0.587. The number of hydrogen-bond acceptors (Lipinski definition) is 5. The van der Waals surface area contributed by atoms with E-state index in [0.29, 0.717) is 5.69 Å². The first-order valence-corrected chi connectivity index (χ1v) is 4.95. The SMILES string of the molecule is Nc1cnn(CC(=O)OCCOCC(F)(F)F)c1. The first kappa shape index (κ1) is 14.3. The molecule has 1 heterocycles. The number of carbonyl (C=O) groups excluding carboxylic acids is 1. The summed E-state index contributed by atoms with van der Waals surface area (Å²) in [5, 5.41) is 3.74. The van der Waals surface area contributed by atoms with Crippen LogP contribution in [0.5, 0.6) is 0 Å². The third-order valence-electron chi connectivity index (χ3n) is 1.70. The molecule has 0 spiro atoms. The van der Waals surface area contributed by atoms with Crippen molar-refractivity contribution in [3.05, 3.63) is 12.4 Å². The fourth-order valence-electron chi connectivity index (χ4n) is 1.05. The van der Waals surface area contributed by atoms with Gasteiger partial charge in [-0.15, -0.1) is 0 Å². The van der Waals surface area contributed by atoms with Gasteiger partial charge in [0.1, 0.15) is 19.8 Å². The summed E-state index contributed by atoms with van der Waals surface area (Å²) < 4.78 is 45.2. The van der Waals surface area contributed by atoms with Crippen LogP contribution < -0.4 is 5.73 Å². The molecule has 0 unspecified atom stereocenters. The Morgan fingerprint density at radius 1 is 1.44 bits per heavy atom. The van der Waals surface area contributed by atoms with Crippen molar-refractivity contribution in [3.63, 3.8) is 0 Å². The van der Waals surface area contributed by atoms with Gasteiger partial charge in [0.15, 0.2) is 0 Å². The number of ether oxygens (including phenoxy) is 2. The van der Waals surface area contributed by atoms with E-state index in [0.717, 1.165) is 0 Å². The maximum absolute atomic E-state index is 11.7. The van der Waals surface area contributed by atoms with Crippen molar-refractivity contribution in [2.24, 2.45) is 0 Å². The second kappa shape index (κ2) is 6.24. The van der Waals surface area contributed by atoms with E-state index in [4.69, 9.17) is 5.73 Å². The van der Waals surface area contributed by atoms with Crippen LogP contribution in [0.2, 0.25) is 0 Å². The largest absolute Gasteiger partial charge is 0.462 e. The minimum atomic E-state index is -4.38. The molecule has 1 aromatic heterocycles. The van der Waals surface area contributed by atoms with E-state index >= 15 is 0 Å². The molecule has 9 heteroatoms. The number of carbonyl (C=O) groups is 1. The summed E-state index contributed by atoms with van der Waals surface area (Å²) in [6, 6.07) is 0. The number of nitrogen functional groups attached to an aromatic ring is 1. The smallest absolute Gasteiger partial charge is 0.411 e. The molecule has 2 N–H and O–H groups in total. The molecule has 18 heavy (non-hydrogen) atoms. The summed E-state index contributed by atoms with van der Waals surface area (Å²) in [6.45, 7) is -2.07. The highest BCUT2D eigenvalue weighted by Gasteiger charge is 2.27. The molecule has 0 aromatic carbocycles. The molecule has 0 amide bonds. The fourth-order valence-corrected chi connectivity index (χ4v) is 1.05. The van der Waals surface area contributed by atoms with Crippen molar-refractivity contribution < 1.29 is 27.4 Å². The third kappa shape index (κ3) is 6.09. The second-order valence-electron chi connectivity index (χ2n) is 3.36. The molecule has 0 aliphatic rings. The lowest BCUT2D eigenvalue weighted by Crippen LogP contribution is -2.21. The molecule has 0 bridgehead atoms. The van der Waals surface area contributed by atoms with E-state index < -0.39 is 18.8 Å². The lowest BCUT2D eigenvalue weighted by molar-refractivity contribution is -0.177. The lowest BCUT2D eigenvalue weighted by Gasteiger charge is -2.08. The Kier molecular flexibility index (Phi) is 4.95. The number of nitrogens with zero attached hydrogens (tertiary/aromatic N) is 2. The van der Waals surface area contributed by atoms with Crippen molar-refractivity contribution in [3.8, 4) is 0 Å². The van der Waals surface area contributed by atoms with E-state index in [1.54, 1.807) is 0 Å². The Labute approximate surface area is 100 Å². The highest BCUT2D eigenvalue weighted by Crippen LogP contribution is 2.14. The summed E-state index contributed by atoms with van der Waals surface area (Å²) >= 11 is 0. The number of hydrogen-bond donors (Lipinski definition) is 1. The van der Waals surface area contributed by atoms with Crippen molar-refractivity contribution in [1.82, 2.24) is 9.78 Å². The Morgan fingerprint density at radius 2 is 2.17 bits per heavy atom. The van der Waals surface area contributed by atoms with E-state index in [2.05, 4.69) is 14.6 Å². The highest BCUT2D eigenvalue weighted by molar-refractivity contribution is 5.69. The zero-order chi connectivity index (χ0) is 13.6. The first-order chi connectivity index (χ1) is 8.37. The minimum absolute atomic E-state index is 0.156. The van der Waals surface area contributed by atoms with Gasteiger partial charge in [-0.1, -0.05) is 0 Å². The first-order valence-electron chi connectivity index (χ1n) is 4.95. The Balaban J connectivity index is 2.11. The molecule has 0 radical (unpaired) electrons. The van der Waals surface area contributed by atoms with Crippen LogP contribution in [0.1, 0.15) is 0 Å². The number of rotatable bonds is 6. The summed E-state index contributed by atoms with van der Waals surface area (Å²) in [4.78, 5) is 11.2. The average Bonchev–Trinajstić information content (AvgIpc) is 2.61. The van der Waals surface area contributed by atoms with Crippen LogP contribution >= 0.6 is 0 Å². The Morgan fingerprint density at radius 3 is 2.72 bits per heavy atom. The zero-order valence-electron chi connectivity index (χ0n) is 9.31. The van der Waals surface area contributed by atoms with Gasteiger partial charge in [-0.05, 0) is 0 Å². The normalized spacial score (nSPS) is 11.5. The van der Waals surface area contributed by atoms with Gasteiger partial charge in [0, 0.05) is 6.20 Å². The Bertz CT molecular complexity index is 392. The zero-order valence-corrected chi connectivity index (χ0v) is 9.31. The summed E-state index contributed by atoms with van der Waals surface area (Å²) in [7, 11) is 0. The van der Waals surface area contributed by atoms with Crippen molar-refractivity contribution in [2.75, 3.05) is 25.6 Å². The molecule has 0 atom stereocenters. The van der Waals surface area contributed by atoms with Crippen LogP contribution in [-0.4, -0.2) is 41.7 Å². The van der Waals surface area contributed by atoms with Crippen LogP contribution in [0.15, 0.2) is 12.4 Å². The average molecular weight is 267 g/mol. The number of alkyl halides is 3. The van der Waals surface area contributed by atoms with Gasteiger partial charge < -0.3 is 15.2 Å². The van der Waals surface area contributed by atoms with Gasteiger partial charge in [0.25, 0.3) is 0 Å². The predicted molar refractivity (Wildman–Crippen MR) is 54.5 cm³/mol. The maximum Gasteiger partial charge on any atom is 0.411 e. The second-order valence-corrected chi connectivity index (χ2v) is 3.36. The van der Waals surface area contributed by atoms with Crippen LogP contribution in [0.25, 0.3) is 0 Å². The number of esters is 1. The van der Waals surface area contributed by atoms with Gasteiger partial charge in [-0.3, -0.25) is 9.48 Å². The van der Waals surface area contributed by atoms with Crippen LogP contribution in [-0.2, 0) is 20.8 Å². The fraction of sp³-hybridized carbons (Fsp3) is 0.556. The summed E-state index contributed by atoms with van der Waals surface area (Å²) in [5.74, 6) is -0.631. The molecule has 1 aromatic rings. The van der Waals surface area contributed by atoms with Crippen molar-refractivity contribution >= 4 is 11.7 Å². The number of nitrogens with two attached hydrogens (primary N) is 1. The van der Waals surface area contributed by atoms with Crippen LogP contribution in [0.4, 0.5) is 18.9 Å². The molecule has 0 saturated heterocycles.